The van der Waals surface area contributed by atoms with E-state index in [1.54, 1.807) is 60.7 Å². The molecule has 4 rings (SSSR count). The molecule has 0 saturated carbocycles. The molecule has 1 aliphatic heterocycles. The summed E-state index contributed by atoms with van der Waals surface area (Å²) in [7, 11) is 0. The standard InChI is InChI=1S/C24H20O8/c25-16-11-15(13-7-3-1-4-8-13)22(21(28)19(16)14-9-5-2-6-10-14)32-24-20(27)17(26)12-18(31-24)23(29)30/h1-12,17,20,24-28H,(H,29,30). The predicted molar refractivity (Wildman–Crippen MR) is 114 cm³/mol. The molecular formula is C24H20O8. The largest absolute Gasteiger partial charge is 0.507 e. The van der Waals surface area contributed by atoms with E-state index in [0.717, 1.165) is 6.08 Å². The Morgan fingerprint density at radius 3 is 2.09 bits per heavy atom. The molecular weight excluding hydrogens is 416 g/mol. The molecule has 0 saturated heterocycles. The highest BCUT2D eigenvalue weighted by Crippen LogP contribution is 2.49. The first kappa shape index (κ1) is 21.2. The fourth-order valence-corrected chi connectivity index (χ4v) is 3.46. The van der Waals surface area contributed by atoms with Crippen LogP contribution in [0.1, 0.15) is 0 Å². The fourth-order valence-electron chi connectivity index (χ4n) is 3.46. The van der Waals surface area contributed by atoms with Crippen molar-refractivity contribution < 1.29 is 39.8 Å². The zero-order valence-corrected chi connectivity index (χ0v) is 16.6. The SMILES string of the molecule is O=C(O)C1=CC(O)C(O)C(Oc2c(-c3ccccc3)cc(O)c(-c3ccccc3)c2O)O1. The van der Waals surface area contributed by atoms with Gasteiger partial charge < -0.3 is 35.0 Å². The van der Waals surface area contributed by atoms with Crippen LogP contribution in [0.2, 0.25) is 0 Å². The van der Waals surface area contributed by atoms with Crippen LogP contribution in [0.5, 0.6) is 17.2 Å². The summed E-state index contributed by atoms with van der Waals surface area (Å²) < 4.78 is 11.0. The van der Waals surface area contributed by atoms with E-state index in [0.29, 0.717) is 11.1 Å². The molecule has 3 unspecified atom stereocenters. The fraction of sp³-hybridized carbons (Fsp3) is 0.125. The third-order valence-electron chi connectivity index (χ3n) is 5.02. The number of aromatic hydroxyl groups is 2. The van der Waals surface area contributed by atoms with Crippen molar-refractivity contribution in [2.24, 2.45) is 0 Å². The molecule has 0 bridgehead atoms. The van der Waals surface area contributed by atoms with Crippen LogP contribution >= 0.6 is 0 Å². The van der Waals surface area contributed by atoms with Gasteiger partial charge in [-0.15, -0.1) is 0 Å². The van der Waals surface area contributed by atoms with Crippen LogP contribution in [0.25, 0.3) is 22.3 Å². The number of aliphatic hydroxyl groups is 2. The van der Waals surface area contributed by atoms with Gasteiger partial charge in [0, 0.05) is 5.56 Å². The van der Waals surface area contributed by atoms with Gasteiger partial charge >= 0.3 is 5.97 Å². The van der Waals surface area contributed by atoms with Crippen LogP contribution in [0.3, 0.4) is 0 Å². The molecule has 0 fully saturated rings. The summed E-state index contributed by atoms with van der Waals surface area (Å²) in [4.78, 5) is 11.3. The summed E-state index contributed by atoms with van der Waals surface area (Å²) in [6.07, 6.45) is -3.97. The Balaban J connectivity index is 1.86. The Morgan fingerprint density at radius 2 is 1.50 bits per heavy atom. The minimum Gasteiger partial charge on any atom is -0.507 e. The number of ether oxygens (including phenoxy) is 2. The highest BCUT2D eigenvalue weighted by Gasteiger charge is 2.37. The molecule has 3 aromatic carbocycles. The van der Waals surface area contributed by atoms with Gasteiger partial charge in [0.05, 0.1) is 5.56 Å². The maximum Gasteiger partial charge on any atom is 0.371 e. The molecule has 1 heterocycles. The van der Waals surface area contributed by atoms with Gasteiger partial charge in [0.2, 0.25) is 5.76 Å². The molecule has 1 aliphatic rings. The first-order chi connectivity index (χ1) is 15.4. The Labute approximate surface area is 182 Å². The second kappa shape index (κ2) is 8.62. The van der Waals surface area contributed by atoms with E-state index in [1.807, 2.05) is 0 Å². The molecule has 0 radical (unpaired) electrons. The summed E-state index contributed by atoms with van der Waals surface area (Å²) in [5.41, 5.74) is 1.44. The first-order valence-electron chi connectivity index (χ1n) is 9.71. The monoisotopic (exact) mass is 436 g/mol. The molecule has 164 valence electrons. The summed E-state index contributed by atoms with van der Waals surface area (Å²) in [6, 6.07) is 18.7. The van der Waals surface area contributed by atoms with Gasteiger partial charge in [-0.3, -0.25) is 0 Å². The summed E-state index contributed by atoms with van der Waals surface area (Å²) in [5.74, 6) is -2.86. The van der Waals surface area contributed by atoms with Gasteiger partial charge in [-0.2, -0.15) is 0 Å². The quantitative estimate of drug-likeness (QED) is 0.412. The lowest BCUT2D eigenvalue weighted by molar-refractivity contribution is -0.172. The van der Waals surface area contributed by atoms with Crippen LogP contribution in [-0.4, -0.2) is 50.0 Å². The van der Waals surface area contributed by atoms with Crippen molar-refractivity contribution >= 4 is 5.97 Å². The molecule has 5 N–H and O–H groups in total. The molecule has 3 atom stereocenters. The third kappa shape index (κ3) is 3.96. The number of hydrogen-bond acceptors (Lipinski definition) is 7. The Hall–Kier alpha value is -4.01. The van der Waals surface area contributed by atoms with Crippen LogP contribution in [0, 0.1) is 0 Å². The van der Waals surface area contributed by atoms with Crippen molar-refractivity contribution in [3.63, 3.8) is 0 Å². The number of phenolic OH excluding ortho intramolecular Hbond substituents is 2. The molecule has 3 aromatic rings. The van der Waals surface area contributed by atoms with Crippen LogP contribution < -0.4 is 4.74 Å². The Kier molecular flexibility index (Phi) is 5.72. The average Bonchev–Trinajstić information content (AvgIpc) is 2.79. The molecule has 0 aliphatic carbocycles. The van der Waals surface area contributed by atoms with Crippen LogP contribution in [0.4, 0.5) is 0 Å². The number of benzene rings is 3. The third-order valence-corrected chi connectivity index (χ3v) is 5.02. The minimum atomic E-state index is -1.64. The van der Waals surface area contributed by atoms with E-state index in [2.05, 4.69) is 0 Å². The number of hydrogen-bond donors (Lipinski definition) is 5. The van der Waals surface area contributed by atoms with Crippen molar-refractivity contribution in [3.8, 4) is 39.5 Å². The van der Waals surface area contributed by atoms with Crippen molar-refractivity contribution in [1.29, 1.82) is 0 Å². The number of rotatable bonds is 5. The zero-order valence-electron chi connectivity index (χ0n) is 16.6. The lowest BCUT2D eigenvalue weighted by Gasteiger charge is -2.31. The van der Waals surface area contributed by atoms with E-state index in [9.17, 15) is 30.3 Å². The van der Waals surface area contributed by atoms with E-state index in [4.69, 9.17) is 9.47 Å². The number of carbonyl (C=O) groups is 1. The van der Waals surface area contributed by atoms with Gasteiger partial charge in [0.25, 0.3) is 6.29 Å². The van der Waals surface area contributed by atoms with Crippen molar-refractivity contribution in [1.82, 2.24) is 0 Å². The number of carboxylic acid groups (broad SMARTS) is 1. The van der Waals surface area contributed by atoms with Gasteiger partial charge in [0.15, 0.2) is 17.6 Å². The van der Waals surface area contributed by atoms with Crippen molar-refractivity contribution in [3.05, 3.63) is 78.6 Å². The molecule has 0 aromatic heterocycles. The molecule has 0 amide bonds. The predicted octanol–water partition coefficient (Wildman–Crippen LogP) is 2.86. The van der Waals surface area contributed by atoms with E-state index >= 15 is 0 Å². The number of carboxylic acids is 1. The molecule has 0 spiro atoms. The van der Waals surface area contributed by atoms with Crippen LogP contribution in [-0.2, 0) is 9.53 Å². The summed E-state index contributed by atoms with van der Waals surface area (Å²) >= 11 is 0. The van der Waals surface area contributed by atoms with Gasteiger partial charge in [-0.1, -0.05) is 60.7 Å². The lowest BCUT2D eigenvalue weighted by Crippen LogP contribution is -2.46. The Morgan fingerprint density at radius 1 is 0.906 bits per heavy atom. The maximum absolute atomic E-state index is 11.3. The highest BCUT2D eigenvalue weighted by atomic mass is 16.7. The number of aliphatic carboxylic acids is 1. The van der Waals surface area contributed by atoms with Crippen LogP contribution in [0.15, 0.2) is 78.6 Å². The van der Waals surface area contributed by atoms with E-state index in [1.165, 1.54) is 6.07 Å². The van der Waals surface area contributed by atoms with E-state index < -0.39 is 36.0 Å². The van der Waals surface area contributed by atoms with Crippen molar-refractivity contribution in [2.45, 2.75) is 18.5 Å². The minimum absolute atomic E-state index is 0.0835. The Bertz CT molecular complexity index is 1160. The van der Waals surface area contributed by atoms with Gasteiger partial charge in [-0.05, 0) is 23.3 Å². The highest BCUT2D eigenvalue weighted by molar-refractivity contribution is 5.87. The molecule has 8 heteroatoms. The summed E-state index contributed by atoms with van der Waals surface area (Å²) in [6.45, 7) is 0. The molecule has 8 nitrogen and oxygen atoms in total. The van der Waals surface area contributed by atoms with Crippen molar-refractivity contribution in [2.75, 3.05) is 0 Å². The topological polar surface area (TPSA) is 137 Å². The normalized spacial score (nSPS) is 20.2. The zero-order chi connectivity index (χ0) is 22.8. The first-order valence-corrected chi connectivity index (χ1v) is 9.71. The molecule has 32 heavy (non-hydrogen) atoms. The average molecular weight is 436 g/mol. The number of phenols is 2. The smallest absolute Gasteiger partial charge is 0.371 e. The lowest BCUT2D eigenvalue weighted by atomic mass is 9.96. The number of aliphatic hydroxyl groups excluding tert-OH is 2. The van der Waals surface area contributed by atoms with Gasteiger partial charge in [-0.25, -0.2) is 4.79 Å². The second-order valence-corrected chi connectivity index (χ2v) is 7.15. The second-order valence-electron chi connectivity index (χ2n) is 7.15. The van der Waals surface area contributed by atoms with Gasteiger partial charge in [0.1, 0.15) is 11.9 Å². The van der Waals surface area contributed by atoms with E-state index in [-0.39, 0.29) is 22.6 Å². The maximum atomic E-state index is 11.3. The summed E-state index contributed by atoms with van der Waals surface area (Å²) in [5, 5.41) is 51.4.